The summed E-state index contributed by atoms with van der Waals surface area (Å²) >= 11 is 0. The van der Waals surface area contributed by atoms with Crippen LogP contribution in [0.15, 0.2) is 59.5 Å². The molecular formula is C17H15NO3. The van der Waals surface area contributed by atoms with Crippen molar-refractivity contribution in [2.45, 2.75) is 6.61 Å². The van der Waals surface area contributed by atoms with Crippen molar-refractivity contribution < 1.29 is 9.47 Å². The molecule has 4 heteroatoms. The van der Waals surface area contributed by atoms with Crippen LogP contribution in [0, 0.1) is 0 Å². The number of H-pyrrole nitrogens is 1. The standard InChI is InChI=1S/C17H15NO3/c1-20-16-10-13(21-11-12-5-3-2-4-6-12)9-14-15(19)7-8-18-17(14)16/h2-10H,11H2,1H3,(H,18,19). The average Bonchev–Trinajstić information content (AvgIpc) is 2.54. The Balaban J connectivity index is 1.96. The molecule has 106 valence electrons. The van der Waals surface area contributed by atoms with Gasteiger partial charge < -0.3 is 14.5 Å². The highest BCUT2D eigenvalue weighted by Gasteiger charge is 2.08. The SMILES string of the molecule is COc1cc(OCc2ccccc2)cc2c(=O)cc[nH]c12. The smallest absolute Gasteiger partial charge is 0.189 e. The molecule has 0 unspecified atom stereocenters. The molecule has 0 amide bonds. The molecule has 21 heavy (non-hydrogen) atoms. The lowest BCUT2D eigenvalue weighted by molar-refractivity contribution is 0.304. The second kappa shape index (κ2) is 5.71. The third-order valence-corrected chi connectivity index (χ3v) is 3.27. The summed E-state index contributed by atoms with van der Waals surface area (Å²) in [6, 6.07) is 14.9. The molecule has 0 fully saturated rings. The minimum Gasteiger partial charge on any atom is -0.494 e. The van der Waals surface area contributed by atoms with Gasteiger partial charge in [0, 0.05) is 18.3 Å². The molecule has 0 atom stereocenters. The molecular weight excluding hydrogens is 266 g/mol. The Labute approximate surface area is 122 Å². The van der Waals surface area contributed by atoms with Crippen LogP contribution in [-0.2, 0) is 6.61 Å². The Morgan fingerprint density at radius 1 is 1.10 bits per heavy atom. The number of nitrogens with one attached hydrogen (secondary N) is 1. The Kier molecular flexibility index (Phi) is 3.60. The molecule has 0 radical (unpaired) electrons. The van der Waals surface area contributed by atoms with Gasteiger partial charge >= 0.3 is 0 Å². The average molecular weight is 281 g/mol. The number of aromatic nitrogens is 1. The normalized spacial score (nSPS) is 10.5. The highest BCUT2D eigenvalue weighted by molar-refractivity contribution is 5.85. The van der Waals surface area contributed by atoms with Gasteiger partial charge in [-0.25, -0.2) is 0 Å². The molecule has 1 aromatic heterocycles. The van der Waals surface area contributed by atoms with Gasteiger partial charge in [0.2, 0.25) is 0 Å². The Hall–Kier alpha value is -2.75. The zero-order valence-electron chi connectivity index (χ0n) is 11.6. The van der Waals surface area contributed by atoms with Crippen molar-refractivity contribution in [1.29, 1.82) is 0 Å². The van der Waals surface area contributed by atoms with Crippen molar-refractivity contribution in [3.8, 4) is 11.5 Å². The minimum absolute atomic E-state index is 0.0628. The van der Waals surface area contributed by atoms with Crippen molar-refractivity contribution in [2.75, 3.05) is 7.11 Å². The maximum absolute atomic E-state index is 11.9. The number of rotatable bonds is 4. The first kappa shape index (κ1) is 13.2. The van der Waals surface area contributed by atoms with Gasteiger partial charge in [-0.2, -0.15) is 0 Å². The van der Waals surface area contributed by atoms with Crippen LogP contribution in [0.2, 0.25) is 0 Å². The number of pyridine rings is 1. The second-order valence-electron chi connectivity index (χ2n) is 4.66. The fourth-order valence-electron chi connectivity index (χ4n) is 2.21. The third-order valence-electron chi connectivity index (χ3n) is 3.27. The first-order chi connectivity index (χ1) is 10.3. The van der Waals surface area contributed by atoms with Crippen molar-refractivity contribution in [3.05, 3.63) is 70.5 Å². The van der Waals surface area contributed by atoms with Crippen molar-refractivity contribution in [2.24, 2.45) is 0 Å². The summed E-state index contributed by atoms with van der Waals surface area (Å²) in [7, 11) is 1.57. The summed E-state index contributed by atoms with van der Waals surface area (Å²) < 4.78 is 11.1. The Morgan fingerprint density at radius 3 is 2.67 bits per heavy atom. The van der Waals surface area contributed by atoms with E-state index in [9.17, 15) is 4.79 Å². The number of benzene rings is 2. The maximum atomic E-state index is 11.9. The van der Waals surface area contributed by atoms with Gasteiger partial charge in [0.15, 0.2) is 5.43 Å². The van der Waals surface area contributed by atoms with E-state index < -0.39 is 0 Å². The molecule has 3 aromatic rings. The van der Waals surface area contributed by atoms with E-state index in [0.717, 1.165) is 5.56 Å². The minimum atomic E-state index is -0.0628. The topological polar surface area (TPSA) is 51.3 Å². The van der Waals surface area contributed by atoms with Crippen LogP contribution in [0.25, 0.3) is 10.9 Å². The molecule has 1 heterocycles. The largest absolute Gasteiger partial charge is 0.494 e. The number of hydrogen-bond donors (Lipinski definition) is 1. The van der Waals surface area contributed by atoms with E-state index in [0.29, 0.717) is 29.0 Å². The van der Waals surface area contributed by atoms with E-state index in [1.54, 1.807) is 25.4 Å². The molecule has 0 saturated heterocycles. The number of hydrogen-bond acceptors (Lipinski definition) is 3. The molecule has 0 aliphatic carbocycles. The van der Waals surface area contributed by atoms with Gasteiger partial charge in [-0.3, -0.25) is 4.79 Å². The lowest BCUT2D eigenvalue weighted by Gasteiger charge is -2.10. The van der Waals surface area contributed by atoms with Crippen LogP contribution < -0.4 is 14.9 Å². The van der Waals surface area contributed by atoms with Crippen LogP contribution in [0.1, 0.15) is 5.56 Å². The molecule has 0 bridgehead atoms. The molecule has 0 spiro atoms. The summed E-state index contributed by atoms with van der Waals surface area (Å²) in [5.41, 5.74) is 1.68. The third kappa shape index (κ3) is 2.74. The van der Waals surface area contributed by atoms with Crippen LogP contribution in [0.3, 0.4) is 0 Å². The first-order valence-corrected chi connectivity index (χ1v) is 6.64. The van der Waals surface area contributed by atoms with Gasteiger partial charge in [-0.15, -0.1) is 0 Å². The van der Waals surface area contributed by atoms with Crippen LogP contribution in [-0.4, -0.2) is 12.1 Å². The van der Waals surface area contributed by atoms with Gasteiger partial charge in [-0.1, -0.05) is 30.3 Å². The summed E-state index contributed by atoms with van der Waals surface area (Å²) in [6.45, 7) is 0.445. The first-order valence-electron chi connectivity index (χ1n) is 6.64. The van der Waals surface area contributed by atoms with E-state index in [-0.39, 0.29) is 5.43 Å². The predicted molar refractivity (Wildman–Crippen MR) is 81.9 cm³/mol. The Bertz CT molecular complexity index is 809. The number of ether oxygens (including phenoxy) is 2. The van der Waals surface area contributed by atoms with E-state index in [1.165, 1.54) is 6.07 Å². The van der Waals surface area contributed by atoms with Crippen molar-refractivity contribution in [1.82, 2.24) is 4.98 Å². The molecule has 0 aliphatic heterocycles. The fraction of sp³-hybridized carbons (Fsp3) is 0.118. The lowest BCUT2D eigenvalue weighted by Crippen LogP contribution is -2.03. The van der Waals surface area contributed by atoms with Gasteiger partial charge in [0.25, 0.3) is 0 Å². The second-order valence-corrected chi connectivity index (χ2v) is 4.66. The number of aromatic amines is 1. The summed E-state index contributed by atoms with van der Waals surface area (Å²) in [6.07, 6.45) is 1.61. The number of methoxy groups -OCH3 is 1. The molecule has 0 aliphatic rings. The molecule has 2 aromatic carbocycles. The van der Waals surface area contributed by atoms with Gasteiger partial charge in [-0.05, 0) is 11.6 Å². The van der Waals surface area contributed by atoms with E-state index >= 15 is 0 Å². The van der Waals surface area contributed by atoms with Crippen molar-refractivity contribution in [3.63, 3.8) is 0 Å². The highest BCUT2D eigenvalue weighted by Crippen LogP contribution is 2.28. The lowest BCUT2D eigenvalue weighted by atomic mass is 10.2. The van der Waals surface area contributed by atoms with E-state index in [4.69, 9.17) is 9.47 Å². The molecule has 3 rings (SSSR count). The monoisotopic (exact) mass is 281 g/mol. The molecule has 0 saturated carbocycles. The van der Waals surface area contributed by atoms with E-state index in [2.05, 4.69) is 4.98 Å². The van der Waals surface area contributed by atoms with Gasteiger partial charge in [0.1, 0.15) is 18.1 Å². The van der Waals surface area contributed by atoms with Crippen molar-refractivity contribution >= 4 is 10.9 Å². The zero-order chi connectivity index (χ0) is 14.7. The predicted octanol–water partition coefficient (Wildman–Crippen LogP) is 3.12. The number of fused-ring (bicyclic) bond motifs is 1. The summed E-state index contributed by atoms with van der Waals surface area (Å²) in [5.74, 6) is 1.20. The van der Waals surface area contributed by atoms with Crippen LogP contribution in [0.5, 0.6) is 11.5 Å². The quantitative estimate of drug-likeness (QED) is 0.799. The summed E-state index contributed by atoms with van der Waals surface area (Å²) in [5, 5.41) is 0.555. The fourth-order valence-corrected chi connectivity index (χ4v) is 2.21. The van der Waals surface area contributed by atoms with Crippen LogP contribution >= 0.6 is 0 Å². The molecule has 4 nitrogen and oxygen atoms in total. The zero-order valence-corrected chi connectivity index (χ0v) is 11.6. The maximum Gasteiger partial charge on any atom is 0.189 e. The highest BCUT2D eigenvalue weighted by atomic mass is 16.5. The van der Waals surface area contributed by atoms with Crippen LogP contribution in [0.4, 0.5) is 0 Å². The summed E-state index contributed by atoms with van der Waals surface area (Å²) in [4.78, 5) is 15.0. The van der Waals surface area contributed by atoms with Gasteiger partial charge in [0.05, 0.1) is 18.0 Å². The molecule has 1 N–H and O–H groups in total. The Morgan fingerprint density at radius 2 is 1.90 bits per heavy atom. The van der Waals surface area contributed by atoms with E-state index in [1.807, 2.05) is 30.3 Å².